The van der Waals surface area contributed by atoms with E-state index in [1.807, 2.05) is 36.4 Å². The largest absolute Gasteiger partial charge is 0.503 e. The molecule has 42 heavy (non-hydrogen) atoms. The lowest BCUT2D eigenvalue weighted by Crippen LogP contribution is -2.31. The third kappa shape index (κ3) is 4.82. The predicted octanol–water partition coefficient (Wildman–Crippen LogP) is 6.35. The van der Waals surface area contributed by atoms with Crippen molar-refractivity contribution in [3.8, 4) is 5.75 Å². The Hall–Kier alpha value is -5.22. The summed E-state index contributed by atoms with van der Waals surface area (Å²) in [5.41, 5.74) is 2.21. The summed E-state index contributed by atoms with van der Waals surface area (Å²) in [7, 11) is 1.25. The summed E-state index contributed by atoms with van der Waals surface area (Å²) in [5, 5.41) is 11.9. The first-order valence-electron chi connectivity index (χ1n) is 13.0. The zero-order chi connectivity index (χ0) is 29.4. The van der Waals surface area contributed by atoms with Crippen LogP contribution in [-0.2, 0) is 16.1 Å². The molecule has 1 amide bonds. The van der Waals surface area contributed by atoms with E-state index in [0.29, 0.717) is 34.6 Å². The number of furan rings is 1. The molecule has 0 radical (unpaired) electrons. The molecule has 6 rings (SSSR count). The maximum absolute atomic E-state index is 13.9. The second-order valence-corrected chi connectivity index (χ2v) is 10.5. The number of rotatable bonds is 8. The Bertz CT molecular complexity index is 1820. The molecule has 5 aromatic rings. The van der Waals surface area contributed by atoms with E-state index < -0.39 is 29.5 Å². The number of benzene rings is 3. The number of Topliss-reactive ketones (excluding diaryl/α,β-unsaturated/α-hetero) is 1. The van der Waals surface area contributed by atoms with Crippen LogP contribution in [-0.4, -0.2) is 34.9 Å². The van der Waals surface area contributed by atoms with Crippen molar-refractivity contribution in [3.63, 3.8) is 0 Å². The summed E-state index contributed by atoms with van der Waals surface area (Å²) in [6.07, 6.45) is 0. The van der Waals surface area contributed by atoms with Gasteiger partial charge in [0.1, 0.15) is 22.8 Å². The highest BCUT2D eigenvalue weighted by atomic mass is 32.1. The van der Waals surface area contributed by atoms with Crippen molar-refractivity contribution < 1.29 is 33.4 Å². The number of aromatic nitrogens is 1. The van der Waals surface area contributed by atoms with Gasteiger partial charge in [-0.2, -0.15) is 0 Å². The third-order valence-electron chi connectivity index (χ3n) is 6.91. The highest BCUT2D eigenvalue weighted by molar-refractivity contribution is 7.17. The van der Waals surface area contributed by atoms with Crippen LogP contribution in [0.5, 0.6) is 5.75 Å². The highest BCUT2D eigenvalue weighted by Gasteiger charge is 2.47. The number of carbonyl (C=O) groups is 3. The van der Waals surface area contributed by atoms with Crippen molar-refractivity contribution in [1.29, 1.82) is 0 Å². The van der Waals surface area contributed by atoms with Crippen molar-refractivity contribution >= 4 is 45.1 Å². The molecule has 1 aliphatic rings. The predicted molar refractivity (Wildman–Crippen MR) is 156 cm³/mol. The monoisotopic (exact) mass is 580 g/mol. The van der Waals surface area contributed by atoms with Crippen LogP contribution in [0.25, 0.3) is 11.0 Å². The summed E-state index contributed by atoms with van der Waals surface area (Å²) in [4.78, 5) is 45.6. The van der Waals surface area contributed by atoms with Gasteiger partial charge < -0.3 is 19.0 Å². The van der Waals surface area contributed by atoms with E-state index in [1.165, 1.54) is 12.0 Å². The van der Waals surface area contributed by atoms with Crippen LogP contribution in [0.3, 0.4) is 0 Å². The molecule has 0 saturated carbocycles. The Morgan fingerprint density at radius 3 is 2.45 bits per heavy atom. The second-order valence-electron chi connectivity index (χ2n) is 9.56. The second kappa shape index (κ2) is 11.0. The molecule has 10 heteroatoms. The SMILES string of the molecule is COC(=O)c1sc(N2C(=O)C(O)=C(C(=O)c3cc4ccccc4o3)C2c2ccc(OCc3ccccc3)cc2)nc1C. The van der Waals surface area contributed by atoms with E-state index in [9.17, 15) is 19.5 Å². The molecule has 1 unspecified atom stereocenters. The van der Waals surface area contributed by atoms with E-state index in [-0.39, 0.29) is 21.3 Å². The molecule has 0 spiro atoms. The molecule has 0 aliphatic carbocycles. The summed E-state index contributed by atoms with van der Waals surface area (Å²) < 4.78 is 16.6. The standard InChI is InChI=1S/C32H24N2O7S/c1-18-29(31(38)39-2)42-32(33-18)34-26(20-12-14-22(15-13-20)40-17-19-8-4-3-5-9-19)25(28(36)30(34)37)27(35)24-16-21-10-6-7-11-23(21)41-24/h3-16,26,36H,17H2,1-2H3. The van der Waals surface area contributed by atoms with Gasteiger partial charge in [-0.1, -0.05) is 72.0 Å². The third-order valence-corrected chi connectivity index (χ3v) is 8.05. The van der Waals surface area contributed by atoms with Gasteiger partial charge in [0, 0.05) is 5.39 Å². The van der Waals surface area contributed by atoms with Crippen LogP contribution in [0.1, 0.15) is 43.1 Å². The number of aryl methyl sites for hydroxylation is 1. The number of carbonyl (C=O) groups excluding carboxylic acids is 3. The summed E-state index contributed by atoms with van der Waals surface area (Å²) in [6.45, 7) is 1.98. The Labute approximate surface area is 244 Å². The molecular weight excluding hydrogens is 556 g/mol. The number of ketones is 1. The van der Waals surface area contributed by atoms with Crippen LogP contribution in [0.4, 0.5) is 5.13 Å². The lowest BCUT2D eigenvalue weighted by Gasteiger charge is -2.24. The number of nitrogens with zero attached hydrogens (tertiary/aromatic N) is 2. The van der Waals surface area contributed by atoms with Crippen molar-refractivity contribution in [2.24, 2.45) is 0 Å². The van der Waals surface area contributed by atoms with Crippen molar-refractivity contribution in [2.75, 3.05) is 12.0 Å². The van der Waals surface area contributed by atoms with E-state index in [0.717, 1.165) is 16.9 Å². The molecule has 1 aliphatic heterocycles. The summed E-state index contributed by atoms with van der Waals surface area (Å²) in [6, 6.07) is 24.2. The van der Waals surface area contributed by atoms with E-state index in [4.69, 9.17) is 13.9 Å². The smallest absolute Gasteiger partial charge is 0.350 e. The first-order chi connectivity index (χ1) is 20.4. The van der Waals surface area contributed by atoms with Crippen LogP contribution in [0.2, 0.25) is 0 Å². The van der Waals surface area contributed by atoms with E-state index >= 15 is 0 Å². The minimum atomic E-state index is -1.06. The van der Waals surface area contributed by atoms with Crippen molar-refractivity contribution in [2.45, 2.75) is 19.6 Å². The summed E-state index contributed by atoms with van der Waals surface area (Å²) >= 11 is 0.938. The molecule has 1 N–H and O–H groups in total. The van der Waals surface area contributed by atoms with Gasteiger partial charge in [-0.3, -0.25) is 14.5 Å². The number of ether oxygens (including phenoxy) is 2. The molecule has 210 valence electrons. The number of thiazole rings is 1. The lowest BCUT2D eigenvalue weighted by molar-refractivity contribution is -0.117. The quantitative estimate of drug-likeness (QED) is 0.167. The van der Waals surface area contributed by atoms with Gasteiger partial charge in [0.2, 0.25) is 5.78 Å². The zero-order valence-corrected chi connectivity index (χ0v) is 23.4. The van der Waals surface area contributed by atoms with Gasteiger partial charge in [-0.25, -0.2) is 9.78 Å². The fourth-order valence-electron chi connectivity index (χ4n) is 4.83. The van der Waals surface area contributed by atoms with Gasteiger partial charge >= 0.3 is 5.97 Å². The number of aliphatic hydroxyl groups is 1. The molecule has 9 nitrogen and oxygen atoms in total. The fraction of sp³-hybridized carbons (Fsp3) is 0.125. The highest BCUT2D eigenvalue weighted by Crippen LogP contribution is 2.44. The van der Waals surface area contributed by atoms with Gasteiger partial charge in [0.15, 0.2) is 16.7 Å². The van der Waals surface area contributed by atoms with Gasteiger partial charge in [0.05, 0.1) is 24.4 Å². The van der Waals surface area contributed by atoms with Crippen LogP contribution in [0.15, 0.2) is 101 Å². The number of esters is 1. The van der Waals surface area contributed by atoms with E-state index in [1.54, 1.807) is 55.5 Å². The Morgan fingerprint density at radius 1 is 1.02 bits per heavy atom. The van der Waals surface area contributed by atoms with Gasteiger partial charge in [-0.05, 0) is 42.3 Å². The maximum atomic E-state index is 13.9. The summed E-state index contributed by atoms with van der Waals surface area (Å²) in [5.74, 6) is -2.23. The molecule has 1 atom stereocenters. The van der Waals surface area contributed by atoms with Crippen molar-refractivity contribution in [1.82, 2.24) is 4.98 Å². The Balaban J connectivity index is 1.40. The zero-order valence-electron chi connectivity index (χ0n) is 22.6. The lowest BCUT2D eigenvalue weighted by atomic mass is 9.95. The van der Waals surface area contributed by atoms with Gasteiger partial charge in [0.25, 0.3) is 5.91 Å². The molecule has 3 aromatic carbocycles. The van der Waals surface area contributed by atoms with E-state index in [2.05, 4.69) is 4.98 Å². The fourth-order valence-corrected chi connectivity index (χ4v) is 5.84. The molecule has 0 bridgehead atoms. The van der Waals surface area contributed by atoms with Crippen LogP contribution in [0, 0.1) is 6.92 Å². The van der Waals surface area contributed by atoms with Crippen LogP contribution >= 0.6 is 11.3 Å². The van der Waals surface area contributed by atoms with Gasteiger partial charge in [-0.15, -0.1) is 0 Å². The van der Waals surface area contributed by atoms with Crippen LogP contribution < -0.4 is 9.64 Å². The Morgan fingerprint density at radius 2 is 1.74 bits per heavy atom. The number of methoxy groups -OCH3 is 1. The number of amides is 1. The first kappa shape index (κ1) is 27.0. The molecule has 0 saturated heterocycles. The number of para-hydroxylation sites is 1. The number of hydrogen-bond donors (Lipinski definition) is 1. The minimum Gasteiger partial charge on any atom is -0.503 e. The number of aliphatic hydroxyl groups excluding tert-OH is 1. The molecule has 2 aromatic heterocycles. The Kier molecular flexibility index (Phi) is 7.05. The molecule has 3 heterocycles. The average molecular weight is 581 g/mol. The average Bonchev–Trinajstić information content (AvgIpc) is 3.70. The topological polar surface area (TPSA) is 119 Å². The van der Waals surface area contributed by atoms with Crippen molar-refractivity contribution in [3.05, 3.63) is 124 Å². The maximum Gasteiger partial charge on any atom is 0.350 e. The normalized spacial score (nSPS) is 15.0. The number of fused-ring (bicyclic) bond motifs is 1. The minimum absolute atomic E-state index is 0.0224. The number of anilines is 1. The molecular formula is C32H24N2O7S. The number of hydrogen-bond acceptors (Lipinski definition) is 9. The molecule has 0 fully saturated rings. The first-order valence-corrected chi connectivity index (χ1v) is 13.8.